The predicted molar refractivity (Wildman–Crippen MR) is 103 cm³/mol. The third-order valence-electron chi connectivity index (χ3n) is 4.37. The van der Waals surface area contributed by atoms with Crippen molar-refractivity contribution in [1.29, 1.82) is 0 Å². The smallest absolute Gasteiger partial charge is 0.254 e. The molecule has 2 rings (SSSR count). The highest BCUT2D eigenvalue weighted by Gasteiger charge is 2.13. The Balaban J connectivity index is 2.07. The monoisotopic (exact) mass is 359 g/mol. The van der Waals surface area contributed by atoms with Crippen LogP contribution in [0, 0.1) is 6.92 Å². The van der Waals surface area contributed by atoms with Crippen molar-refractivity contribution >= 4 is 23.4 Å². The van der Waals surface area contributed by atoms with Crippen molar-refractivity contribution in [2.45, 2.75) is 51.1 Å². The molecule has 0 aliphatic rings. The Morgan fingerprint density at radius 1 is 1.36 bits per heavy atom. The number of H-pyrrole nitrogens is 1. The molecule has 25 heavy (non-hydrogen) atoms. The summed E-state index contributed by atoms with van der Waals surface area (Å²) in [5.74, 6) is 0.286. The summed E-state index contributed by atoms with van der Waals surface area (Å²) in [6, 6.07) is 7.87. The van der Waals surface area contributed by atoms with E-state index in [9.17, 15) is 9.59 Å². The number of nitrogens with zero attached hydrogens (tertiary/aromatic N) is 1. The Bertz CT molecular complexity index is 801. The maximum absolute atomic E-state index is 12.3. The zero-order valence-corrected chi connectivity index (χ0v) is 16.0. The molecular weight excluding hydrogens is 334 g/mol. The molecule has 6 heteroatoms. The van der Waals surface area contributed by atoms with Gasteiger partial charge in [0.2, 0.25) is 5.91 Å². The third-order valence-corrected chi connectivity index (χ3v) is 4.95. The van der Waals surface area contributed by atoms with Crippen molar-refractivity contribution in [2.75, 3.05) is 11.6 Å². The second kappa shape index (κ2) is 8.85. The number of carbonyl (C=O) groups is 1. The van der Waals surface area contributed by atoms with Crippen LogP contribution in [-0.2, 0) is 11.2 Å². The van der Waals surface area contributed by atoms with E-state index < -0.39 is 0 Å². The summed E-state index contributed by atoms with van der Waals surface area (Å²) in [6.45, 7) is 6.08. The molecule has 5 nitrogen and oxygen atoms in total. The van der Waals surface area contributed by atoms with E-state index in [1.807, 2.05) is 30.5 Å². The van der Waals surface area contributed by atoms with Gasteiger partial charge in [0.05, 0.1) is 0 Å². The molecule has 0 aliphatic heterocycles. The van der Waals surface area contributed by atoms with Gasteiger partial charge in [0.15, 0.2) is 5.16 Å². The quantitative estimate of drug-likeness (QED) is 0.581. The normalized spacial score (nSPS) is 12.0. The van der Waals surface area contributed by atoms with E-state index in [1.54, 1.807) is 6.92 Å². The minimum absolute atomic E-state index is 0.0940. The number of para-hydroxylation sites is 1. The first-order chi connectivity index (χ1) is 12.0. The van der Waals surface area contributed by atoms with Crippen LogP contribution in [0.4, 0.5) is 5.69 Å². The number of thioether (sulfide) groups is 1. The minimum Gasteiger partial charge on any atom is -0.326 e. The molecule has 0 saturated carbocycles. The lowest BCUT2D eigenvalue weighted by Crippen LogP contribution is -2.20. The van der Waals surface area contributed by atoms with Crippen molar-refractivity contribution in [3.63, 3.8) is 0 Å². The van der Waals surface area contributed by atoms with Crippen LogP contribution in [0.5, 0.6) is 0 Å². The first-order valence-electron chi connectivity index (χ1n) is 8.48. The van der Waals surface area contributed by atoms with Gasteiger partial charge in [-0.2, -0.15) is 0 Å². The van der Waals surface area contributed by atoms with Crippen molar-refractivity contribution in [3.05, 3.63) is 51.4 Å². The molecule has 1 atom stereocenters. The highest BCUT2D eigenvalue weighted by molar-refractivity contribution is 7.98. The van der Waals surface area contributed by atoms with Crippen molar-refractivity contribution in [3.8, 4) is 0 Å². The van der Waals surface area contributed by atoms with E-state index in [0.29, 0.717) is 28.8 Å². The van der Waals surface area contributed by atoms with Gasteiger partial charge in [-0.3, -0.25) is 9.59 Å². The highest BCUT2D eigenvalue weighted by atomic mass is 32.2. The fourth-order valence-corrected chi connectivity index (χ4v) is 3.11. The lowest BCUT2D eigenvalue weighted by atomic mass is 9.97. The van der Waals surface area contributed by atoms with Gasteiger partial charge in [0.1, 0.15) is 0 Å². The molecule has 1 aromatic heterocycles. The number of nitrogens with one attached hydrogen (secondary N) is 2. The molecule has 1 unspecified atom stereocenters. The van der Waals surface area contributed by atoms with Crippen LogP contribution >= 0.6 is 11.8 Å². The first-order valence-corrected chi connectivity index (χ1v) is 9.71. The summed E-state index contributed by atoms with van der Waals surface area (Å²) in [5, 5.41) is 3.58. The van der Waals surface area contributed by atoms with Crippen molar-refractivity contribution in [2.24, 2.45) is 0 Å². The van der Waals surface area contributed by atoms with E-state index in [2.05, 4.69) is 29.1 Å². The van der Waals surface area contributed by atoms with Gasteiger partial charge in [-0.1, -0.05) is 43.8 Å². The van der Waals surface area contributed by atoms with Crippen LogP contribution in [0.3, 0.4) is 0 Å². The molecule has 0 spiro atoms. The Kier molecular flexibility index (Phi) is 6.82. The standard InChI is InChI=1S/C19H25N3O2S/c1-5-12(2)14-8-6-7-9-16(14)21-17(23)11-10-15-13(3)20-19(25-4)22-18(15)24/h6-9,12H,5,10-11H2,1-4H3,(H,21,23)(H,20,22,24). The molecule has 2 N–H and O–H groups in total. The number of hydrogen-bond acceptors (Lipinski definition) is 4. The summed E-state index contributed by atoms with van der Waals surface area (Å²) in [4.78, 5) is 31.6. The molecular formula is C19H25N3O2S. The van der Waals surface area contributed by atoms with Gasteiger partial charge in [0.25, 0.3) is 5.56 Å². The van der Waals surface area contributed by atoms with Gasteiger partial charge < -0.3 is 10.3 Å². The third kappa shape index (κ3) is 4.95. The average molecular weight is 359 g/mol. The first kappa shape index (κ1) is 19.2. The number of benzene rings is 1. The number of amides is 1. The van der Waals surface area contributed by atoms with Crippen molar-refractivity contribution in [1.82, 2.24) is 9.97 Å². The largest absolute Gasteiger partial charge is 0.326 e. The SMILES string of the molecule is CCC(C)c1ccccc1NC(=O)CCc1c(C)nc(SC)[nH]c1=O. The van der Waals surface area contributed by atoms with Gasteiger partial charge in [-0.25, -0.2) is 4.98 Å². The van der Waals surface area contributed by atoms with Gasteiger partial charge in [-0.05, 0) is 43.6 Å². The highest BCUT2D eigenvalue weighted by Crippen LogP contribution is 2.26. The van der Waals surface area contributed by atoms with Crippen LogP contribution < -0.4 is 10.9 Å². The van der Waals surface area contributed by atoms with Crippen LogP contribution in [-0.4, -0.2) is 22.1 Å². The molecule has 0 fully saturated rings. The van der Waals surface area contributed by atoms with Gasteiger partial charge in [-0.15, -0.1) is 0 Å². The number of rotatable bonds is 7. The Labute approximate surface area is 152 Å². The van der Waals surface area contributed by atoms with E-state index >= 15 is 0 Å². The van der Waals surface area contributed by atoms with Crippen LogP contribution in [0.1, 0.15) is 49.4 Å². The van der Waals surface area contributed by atoms with Crippen LogP contribution in [0.2, 0.25) is 0 Å². The number of anilines is 1. The van der Waals surface area contributed by atoms with E-state index in [-0.39, 0.29) is 17.9 Å². The topological polar surface area (TPSA) is 74.8 Å². The molecule has 0 saturated heterocycles. The average Bonchev–Trinajstić information content (AvgIpc) is 2.60. The molecule has 0 bridgehead atoms. The molecule has 134 valence electrons. The molecule has 0 aliphatic carbocycles. The Morgan fingerprint density at radius 2 is 2.08 bits per heavy atom. The van der Waals surface area contributed by atoms with E-state index in [1.165, 1.54) is 11.8 Å². The number of aromatic amines is 1. The second-order valence-electron chi connectivity index (χ2n) is 6.08. The van der Waals surface area contributed by atoms with Crippen molar-refractivity contribution < 1.29 is 4.79 Å². The molecule has 2 aromatic rings. The Hall–Kier alpha value is -2.08. The lowest BCUT2D eigenvalue weighted by Gasteiger charge is -2.15. The fourth-order valence-electron chi connectivity index (χ4n) is 2.69. The fraction of sp³-hybridized carbons (Fsp3) is 0.421. The zero-order valence-electron chi connectivity index (χ0n) is 15.2. The lowest BCUT2D eigenvalue weighted by molar-refractivity contribution is -0.116. The van der Waals surface area contributed by atoms with Gasteiger partial charge >= 0.3 is 0 Å². The summed E-state index contributed by atoms with van der Waals surface area (Å²) in [6.07, 6.45) is 3.49. The number of aromatic nitrogens is 2. The summed E-state index contributed by atoms with van der Waals surface area (Å²) in [7, 11) is 0. The predicted octanol–water partition coefficient (Wildman–Crippen LogP) is 3.89. The van der Waals surface area contributed by atoms with Crippen LogP contribution in [0.25, 0.3) is 0 Å². The number of carbonyl (C=O) groups excluding carboxylic acids is 1. The molecule has 1 amide bonds. The summed E-state index contributed by atoms with van der Waals surface area (Å²) < 4.78 is 0. The maximum atomic E-state index is 12.3. The summed E-state index contributed by atoms with van der Waals surface area (Å²) in [5.41, 5.74) is 3.08. The second-order valence-corrected chi connectivity index (χ2v) is 6.88. The molecule has 0 radical (unpaired) electrons. The van der Waals surface area contributed by atoms with Crippen LogP contribution in [0.15, 0.2) is 34.2 Å². The molecule has 1 aromatic carbocycles. The Morgan fingerprint density at radius 3 is 2.72 bits per heavy atom. The minimum atomic E-state index is -0.162. The zero-order chi connectivity index (χ0) is 18.4. The maximum Gasteiger partial charge on any atom is 0.254 e. The van der Waals surface area contributed by atoms with E-state index in [0.717, 1.165) is 17.7 Å². The molecule has 1 heterocycles. The summed E-state index contributed by atoms with van der Waals surface area (Å²) >= 11 is 1.39. The number of hydrogen-bond donors (Lipinski definition) is 2. The van der Waals surface area contributed by atoms with Gasteiger partial charge in [0, 0.05) is 23.4 Å². The van der Waals surface area contributed by atoms with E-state index in [4.69, 9.17) is 0 Å². The number of aryl methyl sites for hydroxylation is 1.